The molecule has 6 heteroatoms. The van der Waals surface area contributed by atoms with Crippen LogP contribution in [0.5, 0.6) is 0 Å². The molecular weight excluding hydrogens is 268 g/mol. The molecule has 3 fully saturated rings. The van der Waals surface area contributed by atoms with Crippen molar-refractivity contribution >= 4 is 0 Å². The molecule has 3 aliphatic rings. The minimum atomic E-state index is 0.194. The van der Waals surface area contributed by atoms with Crippen LogP contribution >= 0.6 is 0 Å². The summed E-state index contributed by atoms with van der Waals surface area (Å²) in [6.07, 6.45) is 4.98. The zero-order valence-electron chi connectivity index (χ0n) is 12.8. The maximum Gasteiger partial charge on any atom is 0.233 e. The van der Waals surface area contributed by atoms with Gasteiger partial charge in [-0.25, -0.2) is 0 Å². The van der Waals surface area contributed by atoms with Crippen molar-refractivity contribution in [1.82, 2.24) is 20.4 Å². The minimum Gasteiger partial charge on any atom is -0.379 e. The van der Waals surface area contributed by atoms with Crippen molar-refractivity contribution in [3.8, 4) is 0 Å². The first-order valence-corrected chi connectivity index (χ1v) is 8.06. The zero-order chi connectivity index (χ0) is 14.4. The highest BCUT2D eigenvalue weighted by atomic mass is 16.5. The second kappa shape index (κ2) is 5.34. The van der Waals surface area contributed by atoms with E-state index in [1.807, 2.05) is 7.05 Å². The van der Waals surface area contributed by atoms with Gasteiger partial charge < -0.3 is 19.5 Å². The van der Waals surface area contributed by atoms with Gasteiger partial charge in [-0.2, -0.15) is 4.98 Å². The van der Waals surface area contributed by atoms with Gasteiger partial charge >= 0.3 is 0 Å². The Hall–Kier alpha value is -0.980. The normalized spacial score (nSPS) is 40.0. The van der Waals surface area contributed by atoms with Crippen molar-refractivity contribution in [1.29, 1.82) is 0 Å². The van der Waals surface area contributed by atoms with Crippen molar-refractivity contribution in [2.75, 3.05) is 27.3 Å². The molecule has 4 heterocycles. The molecule has 0 aliphatic carbocycles. The molecule has 4 rings (SSSR count). The number of rotatable bonds is 3. The highest BCUT2D eigenvalue weighted by Gasteiger charge is 2.41. The topological polar surface area (TPSA) is 63.4 Å². The van der Waals surface area contributed by atoms with E-state index in [1.54, 1.807) is 0 Å². The third kappa shape index (κ3) is 2.29. The van der Waals surface area contributed by atoms with E-state index in [-0.39, 0.29) is 12.0 Å². The Morgan fingerprint density at radius 2 is 1.95 bits per heavy atom. The Kier molecular flexibility index (Phi) is 3.47. The lowest BCUT2D eigenvalue weighted by atomic mass is 9.90. The molecule has 0 radical (unpaired) electrons. The van der Waals surface area contributed by atoms with Crippen LogP contribution in [-0.2, 0) is 4.74 Å². The summed E-state index contributed by atoms with van der Waals surface area (Å²) in [5, 5.41) is 7.56. The predicted octanol–water partition coefficient (Wildman–Crippen LogP) is 1.11. The summed E-state index contributed by atoms with van der Waals surface area (Å²) in [5.74, 6) is 2.32. The molecule has 0 saturated carbocycles. The molecule has 1 aromatic heterocycles. The fraction of sp³-hybridized carbons (Fsp3) is 0.867. The van der Waals surface area contributed by atoms with Crippen LogP contribution in [-0.4, -0.2) is 60.5 Å². The molecule has 2 bridgehead atoms. The summed E-state index contributed by atoms with van der Waals surface area (Å²) < 4.78 is 11.1. The highest BCUT2D eigenvalue weighted by molar-refractivity contribution is 5.08. The number of piperidine rings is 1. The predicted molar refractivity (Wildman–Crippen MR) is 77.3 cm³/mol. The lowest BCUT2D eigenvalue weighted by molar-refractivity contribution is 0.157. The third-order valence-electron chi connectivity index (χ3n) is 5.69. The van der Waals surface area contributed by atoms with E-state index in [4.69, 9.17) is 14.2 Å². The number of nitrogens with zero attached hydrogens (tertiary/aromatic N) is 3. The average molecular weight is 292 g/mol. The monoisotopic (exact) mass is 292 g/mol. The lowest BCUT2D eigenvalue weighted by Gasteiger charge is -2.34. The number of aromatic nitrogens is 2. The zero-order valence-corrected chi connectivity index (χ0v) is 12.8. The third-order valence-corrected chi connectivity index (χ3v) is 5.69. The molecule has 4 atom stereocenters. The molecule has 1 N–H and O–H groups in total. The fourth-order valence-electron chi connectivity index (χ4n) is 4.27. The van der Waals surface area contributed by atoms with Gasteiger partial charge in [0, 0.05) is 24.0 Å². The van der Waals surface area contributed by atoms with Crippen LogP contribution in [0.3, 0.4) is 0 Å². The quantitative estimate of drug-likeness (QED) is 0.900. The molecule has 6 nitrogen and oxygen atoms in total. The summed E-state index contributed by atoms with van der Waals surface area (Å²) in [4.78, 5) is 7.26. The van der Waals surface area contributed by atoms with Crippen molar-refractivity contribution < 1.29 is 9.26 Å². The number of hydrogen-bond acceptors (Lipinski definition) is 6. The van der Waals surface area contributed by atoms with Gasteiger partial charge in [0.15, 0.2) is 5.82 Å². The summed E-state index contributed by atoms with van der Waals surface area (Å²) in [6.45, 7) is 1.39. The molecular formula is C15H24N4O2. The Balaban J connectivity index is 1.50. The highest BCUT2D eigenvalue weighted by Crippen LogP contribution is 2.41. The molecule has 1 aromatic rings. The molecule has 3 saturated heterocycles. The van der Waals surface area contributed by atoms with Crippen LogP contribution in [0, 0.1) is 0 Å². The lowest BCUT2D eigenvalue weighted by Crippen LogP contribution is -2.39. The van der Waals surface area contributed by atoms with Crippen LogP contribution in [0.15, 0.2) is 4.52 Å². The number of fused-ring (bicyclic) bond motifs is 2. The molecule has 3 aliphatic heterocycles. The van der Waals surface area contributed by atoms with Gasteiger partial charge in [-0.15, -0.1) is 0 Å². The van der Waals surface area contributed by atoms with E-state index in [1.165, 1.54) is 25.7 Å². The maximum absolute atomic E-state index is 5.56. The first kappa shape index (κ1) is 13.7. The number of nitrogens with one attached hydrogen (secondary N) is 1. The summed E-state index contributed by atoms with van der Waals surface area (Å²) in [6, 6.07) is 1.69. The molecule has 0 spiro atoms. The Bertz CT molecular complexity index is 492. The number of hydrogen-bond donors (Lipinski definition) is 1. The van der Waals surface area contributed by atoms with Crippen molar-refractivity contribution in [3.63, 3.8) is 0 Å². The van der Waals surface area contributed by atoms with Crippen molar-refractivity contribution in [3.05, 3.63) is 11.7 Å². The Morgan fingerprint density at radius 1 is 1.19 bits per heavy atom. The largest absolute Gasteiger partial charge is 0.379 e. The van der Waals surface area contributed by atoms with Crippen molar-refractivity contribution in [2.24, 2.45) is 0 Å². The van der Waals surface area contributed by atoms with E-state index < -0.39 is 0 Å². The average Bonchev–Trinajstić information content (AvgIpc) is 3.17. The van der Waals surface area contributed by atoms with Crippen LogP contribution in [0.25, 0.3) is 0 Å². The number of ether oxygens (including phenoxy) is 1. The molecule has 4 unspecified atom stereocenters. The van der Waals surface area contributed by atoms with Crippen LogP contribution in [0.1, 0.15) is 49.2 Å². The second-order valence-corrected chi connectivity index (χ2v) is 6.75. The van der Waals surface area contributed by atoms with Crippen molar-refractivity contribution in [2.45, 2.75) is 55.6 Å². The van der Waals surface area contributed by atoms with E-state index in [0.717, 1.165) is 18.3 Å². The van der Waals surface area contributed by atoms with Crippen LogP contribution in [0.4, 0.5) is 0 Å². The van der Waals surface area contributed by atoms with E-state index in [9.17, 15) is 0 Å². The first-order valence-electron chi connectivity index (χ1n) is 8.06. The van der Waals surface area contributed by atoms with Gasteiger partial charge in [0.2, 0.25) is 5.89 Å². The van der Waals surface area contributed by atoms with Gasteiger partial charge in [-0.1, -0.05) is 5.16 Å². The van der Waals surface area contributed by atoms with Gasteiger partial charge in [0.1, 0.15) is 0 Å². The van der Waals surface area contributed by atoms with Gasteiger partial charge in [-0.3, -0.25) is 0 Å². The minimum absolute atomic E-state index is 0.194. The van der Waals surface area contributed by atoms with E-state index in [0.29, 0.717) is 24.6 Å². The van der Waals surface area contributed by atoms with Crippen LogP contribution < -0.4 is 5.32 Å². The summed E-state index contributed by atoms with van der Waals surface area (Å²) in [7, 11) is 4.21. The molecule has 0 amide bonds. The standard InChI is InChI=1S/C15H24N4O2/c1-16-13-8-20-7-12(13)15-17-14(18-21-15)9-5-10-3-4-11(6-9)19(10)2/h9-13,16H,3-8H2,1-2H3. The van der Waals surface area contributed by atoms with Gasteiger partial charge in [0.25, 0.3) is 0 Å². The molecule has 21 heavy (non-hydrogen) atoms. The SMILES string of the molecule is CNC1COCC1c1nc(C2CC3CCC(C2)N3C)no1. The Labute approximate surface area is 125 Å². The van der Waals surface area contributed by atoms with Gasteiger partial charge in [-0.05, 0) is 39.8 Å². The second-order valence-electron chi connectivity index (χ2n) is 6.75. The maximum atomic E-state index is 5.56. The number of likely N-dealkylation sites (N-methyl/N-ethyl adjacent to an activating group) is 1. The van der Waals surface area contributed by atoms with E-state index >= 15 is 0 Å². The summed E-state index contributed by atoms with van der Waals surface area (Å²) in [5.41, 5.74) is 0. The van der Waals surface area contributed by atoms with Gasteiger partial charge in [0.05, 0.1) is 19.1 Å². The van der Waals surface area contributed by atoms with Crippen LogP contribution in [0.2, 0.25) is 0 Å². The summed E-state index contributed by atoms with van der Waals surface area (Å²) >= 11 is 0. The molecule has 0 aromatic carbocycles. The van der Waals surface area contributed by atoms with E-state index in [2.05, 4.69) is 22.4 Å². The fourth-order valence-corrected chi connectivity index (χ4v) is 4.27. The first-order chi connectivity index (χ1) is 10.3. The Morgan fingerprint density at radius 3 is 2.67 bits per heavy atom. The molecule has 116 valence electrons. The smallest absolute Gasteiger partial charge is 0.233 e.